The third-order valence-corrected chi connectivity index (χ3v) is 6.33. The molecule has 4 heteroatoms. The molecule has 0 aliphatic carbocycles. The van der Waals surface area contributed by atoms with Crippen LogP contribution < -0.4 is 0 Å². The average molecular weight is 447 g/mol. The lowest BCUT2D eigenvalue weighted by molar-refractivity contribution is 1.18. The average Bonchev–Trinajstić information content (AvgIpc) is 3.27. The van der Waals surface area contributed by atoms with Gasteiger partial charge in [0.15, 0.2) is 0 Å². The number of aromatic nitrogens is 2. The van der Waals surface area contributed by atoms with Crippen LogP contribution in [0.2, 0.25) is 0 Å². The summed E-state index contributed by atoms with van der Waals surface area (Å²) in [7, 11) is 0. The van der Waals surface area contributed by atoms with Crippen molar-refractivity contribution in [3.05, 3.63) is 121 Å². The van der Waals surface area contributed by atoms with Gasteiger partial charge >= 0.3 is 0 Å². The first kappa shape index (κ1) is 20.4. The summed E-state index contributed by atoms with van der Waals surface area (Å²) in [5.74, 6) is 0. The lowest BCUT2D eigenvalue weighted by Crippen LogP contribution is -1.95. The standard InChI is InChI=1S/C31H18N4/c32-18-21-12-15-31-29(16-21)28-10-3-4-11-30(28)35(31)25-7-5-6-22(17-25)26-8-1-2-9-27(26)23-13-14-24(19-33)34-20-23/h1-17,20H. The second kappa shape index (κ2) is 8.30. The summed E-state index contributed by atoms with van der Waals surface area (Å²) in [6.07, 6.45) is 1.75. The summed E-state index contributed by atoms with van der Waals surface area (Å²) in [6.45, 7) is 0. The molecule has 0 atom stereocenters. The molecule has 0 fully saturated rings. The number of nitrogens with zero attached hydrogens (tertiary/aromatic N) is 4. The Hall–Kier alpha value is -5.19. The van der Waals surface area contributed by atoms with Gasteiger partial charge < -0.3 is 4.57 Å². The third-order valence-electron chi connectivity index (χ3n) is 6.33. The van der Waals surface area contributed by atoms with Crippen molar-refractivity contribution >= 4 is 21.8 Å². The van der Waals surface area contributed by atoms with Gasteiger partial charge in [0.2, 0.25) is 0 Å². The molecule has 0 bridgehead atoms. The molecular formula is C31H18N4. The minimum Gasteiger partial charge on any atom is -0.309 e. The van der Waals surface area contributed by atoms with Gasteiger partial charge in [-0.15, -0.1) is 0 Å². The van der Waals surface area contributed by atoms with E-state index in [1.54, 1.807) is 12.3 Å². The van der Waals surface area contributed by atoms with E-state index in [2.05, 4.69) is 70.2 Å². The van der Waals surface area contributed by atoms with Gasteiger partial charge in [-0.2, -0.15) is 10.5 Å². The van der Waals surface area contributed by atoms with Crippen LogP contribution >= 0.6 is 0 Å². The van der Waals surface area contributed by atoms with Crippen molar-refractivity contribution in [2.24, 2.45) is 0 Å². The molecule has 2 heterocycles. The van der Waals surface area contributed by atoms with Crippen molar-refractivity contribution in [3.63, 3.8) is 0 Å². The van der Waals surface area contributed by atoms with E-state index in [1.807, 2.05) is 48.5 Å². The van der Waals surface area contributed by atoms with Gasteiger partial charge in [-0.05, 0) is 65.2 Å². The topological polar surface area (TPSA) is 65.4 Å². The zero-order chi connectivity index (χ0) is 23.8. The largest absolute Gasteiger partial charge is 0.309 e. The van der Waals surface area contributed by atoms with E-state index >= 15 is 0 Å². The van der Waals surface area contributed by atoms with E-state index in [0.29, 0.717) is 11.3 Å². The van der Waals surface area contributed by atoms with Gasteiger partial charge in [0.05, 0.1) is 22.7 Å². The van der Waals surface area contributed by atoms with Gasteiger partial charge in [0.1, 0.15) is 11.8 Å². The van der Waals surface area contributed by atoms with Crippen LogP contribution in [0, 0.1) is 22.7 Å². The minimum absolute atomic E-state index is 0.402. The molecule has 0 unspecified atom stereocenters. The third kappa shape index (κ3) is 3.42. The van der Waals surface area contributed by atoms with Gasteiger partial charge in [-0.25, -0.2) is 4.98 Å². The zero-order valence-electron chi connectivity index (χ0n) is 18.7. The van der Waals surface area contributed by atoms with E-state index in [1.165, 1.54) is 0 Å². The first-order valence-electron chi connectivity index (χ1n) is 11.3. The summed E-state index contributed by atoms with van der Waals surface area (Å²) < 4.78 is 2.25. The van der Waals surface area contributed by atoms with E-state index in [9.17, 15) is 5.26 Å². The Kier molecular flexibility index (Phi) is 4.84. The molecule has 0 amide bonds. The monoisotopic (exact) mass is 446 g/mol. The molecule has 0 N–H and O–H groups in total. The fourth-order valence-corrected chi connectivity index (χ4v) is 4.74. The lowest BCUT2D eigenvalue weighted by atomic mass is 9.95. The molecule has 0 aliphatic rings. The number of hydrogen-bond acceptors (Lipinski definition) is 3. The number of hydrogen-bond donors (Lipinski definition) is 0. The van der Waals surface area contributed by atoms with Crippen LogP contribution in [0.25, 0.3) is 49.7 Å². The lowest BCUT2D eigenvalue weighted by Gasteiger charge is -2.13. The maximum Gasteiger partial charge on any atom is 0.140 e. The van der Waals surface area contributed by atoms with Gasteiger partial charge in [-0.1, -0.05) is 54.6 Å². The Bertz CT molecular complexity index is 1810. The van der Waals surface area contributed by atoms with Crippen molar-refractivity contribution in [1.29, 1.82) is 10.5 Å². The second-order valence-electron chi connectivity index (χ2n) is 8.34. The van der Waals surface area contributed by atoms with Gasteiger partial charge in [0.25, 0.3) is 0 Å². The Balaban J connectivity index is 1.55. The number of para-hydroxylation sites is 1. The predicted octanol–water partition coefficient (Wildman–Crippen LogP) is 7.26. The highest BCUT2D eigenvalue weighted by molar-refractivity contribution is 6.09. The van der Waals surface area contributed by atoms with Crippen LogP contribution in [0.1, 0.15) is 11.3 Å². The number of benzene rings is 4. The van der Waals surface area contributed by atoms with Gasteiger partial charge in [0, 0.05) is 28.2 Å². The van der Waals surface area contributed by atoms with E-state index in [-0.39, 0.29) is 0 Å². The quantitative estimate of drug-likeness (QED) is 0.287. The molecule has 0 spiro atoms. The van der Waals surface area contributed by atoms with E-state index in [0.717, 1.165) is 49.7 Å². The molecule has 6 rings (SSSR count). The normalized spacial score (nSPS) is 10.8. The van der Waals surface area contributed by atoms with Crippen molar-refractivity contribution in [1.82, 2.24) is 9.55 Å². The summed E-state index contributed by atoms with van der Waals surface area (Å²) in [5.41, 5.74) is 8.46. The molecule has 0 radical (unpaired) electrons. The smallest absolute Gasteiger partial charge is 0.140 e. The van der Waals surface area contributed by atoms with Crippen molar-refractivity contribution in [2.45, 2.75) is 0 Å². The Morgan fingerprint density at radius 3 is 2.14 bits per heavy atom. The van der Waals surface area contributed by atoms with Crippen LogP contribution in [0.15, 0.2) is 109 Å². The number of fused-ring (bicyclic) bond motifs is 3. The Morgan fingerprint density at radius 1 is 0.600 bits per heavy atom. The SMILES string of the molecule is N#Cc1ccc2c(c1)c1ccccc1n2-c1cccc(-c2ccccc2-c2ccc(C#N)nc2)c1. The summed E-state index contributed by atoms with van der Waals surface area (Å²) >= 11 is 0. The van der Waals surface area contributed by atoms with E-state index < -0.39 is 0 Å². The maximum atomic E-state index is 9.43. The molecular weight excluding hydrogens is 428 g/mol. The molecule has 0 aliphatic heterocycles. The molecule has 162 valence electrons. The van der Waals surface area contributed by atoms with Crippen molar-refractivity contribution in [2.75, 3.05) is 0 Å². The molecule has 6 aromatic rings. The molecule has 0 saturated heterocycles. The second-order valence-corrected chi connectivity index (χ2v) is 8.34. The predicted molar refractivity (Wildman–Crippen MR) is 139 cm³/mol. The molecule has 35 heavy (non-hydrogen) atoms. The number of nitriles is 2. The van der Waals surface area contributed by atoms with Crippen LogP contribution in [0.3, 0.4) is 0 Å². The highest BCUT2D eigenvalue weighted by Gasteiger charge is 2.14. The Morgan fingerprint density at radius 2 is 1.37 bits per heavy atom. The zero-order valence-corrected chi connectivity index (χ0v) is 18.7. The molecule has 2 aromatic heterocycles. The van der Waals surface area contributed by atoms with Crippen molar-refractivity contribution < 1.29 is 0 Å². The fraction of sp³-hybridized carbons (Fsp3) is 0. The van der Waals surface area contributed by atoms with Crippen molar-refractivity contribution in [3.8, 4) is 40.1 Å². The highest BCUT2D eigenvalue weighted by atomic mass is 15.0. The molecule has 0 saturated carbocycles. The summed E-state index contributed by atoms with van der Waals surface area (Å²) in [4.78, 5) is 4.26. The minimum atomic E-state index is 0.402. The number of pyridine rings is 1. The van der Waals surface area contributed by atoms with Crippen LogP contribution in [-0.4, -0.2) is 9.55 Å². The molecule has 4 aromatic carbocycles. The first-order valence-corrected chi connectivity index (χ1v) is 11.3. The van der Waals surface area contributed by atoms with Crippen LogP contribution in [0.5, 0.6) is 0 Å². The maximum absolute atomic E-state index is 9.43. The van der Waals surface area contributed by atoms with E-state index in [4.69, 9.17) is 5.26 Å². The summed E-state index contributed by atoms with van der Waals surface area (Å²) in [5, 5.41) is 20.7. The molecule has 4 nitrogen and oxygen atoms in total. The summed E-state index contributed by atoms with van der Waals surface area (Å²) in [6, 6.07) is 38.9. The van der Waals surface area contributed by atoms with Crippen LogP contribution in [0.4, 0.5) is 0 Å². The highest BCUT2D eigenvalue weighted by Crippen LogP contribution is 2.36. The number of rotatable bonds is 3. The first-order chi connectivity index (χ1) is 17.3. The van der Waals surface area contributed by atoms with Crippen LogP contribution in [-0.2, 0) is 0 Å². The fourth-order valence-electron chi connectivity index (χ4n) is 4.74. The van der Waals surface area contributed by atoms with Gasteiger partial charge in [-0.3, -0.25) is 0 Å². The Labute approximate surface area is 202 Å².